The maximum atomic E-state index is 12.0. The van der Waals surface area contributed by atoms with Gasteiger partial charge >= 0.3 is 0 Å². The minimum Gasteiger partial charge on any atom is -0.469 e. The van der Waals surface area contributed by atoms with E-state index < -0.39 is 0 Å². The van der Waals surface area contributed by atoms with Crippen molar-refractivity contribution in [1.82, 2.24) is 19.8 Å². The van der Waals surface area contributed by atoms with Crippen molar-refractivity contribution in [3.63, 3.8) is 0 Å². The summed E-state index contributed by atoms with van der Waals surface area (Å²) in [5.74, 6) is 0.652. The summed E-state index contributed by atoms with van der Waals surface area (Å²) in [4.78, 5) is 12.4. The monoisotopic (exact) mass is 249 g/mol. The van der Waals surface area contributed by atoms with Gasteiger partial charge in [0.2, 0.25) is 10.1 Å². The predicted molar refractivity (Wildman–Crippen MR) is 60.9 cm³/mol. The highest BCUT2D eigenvalue weighted by molar-refractivity contribution is 7.20. The first kappa shape index (κ1) is 9.97. The molecule has 0 amide bonds. The first-order valence-corrected chi connectivity index (χ1v) is 5.59. The topological polar surface area (TPSA) is 99.3 Å². The largest absolute Gasteiger partial charge is 0.469 e. The van der Waals surface area contributed by atoms with Gasteiger partial charge in [-0.3, -0.25) is 4.79 Å². The van der Waals surface area contributed by atoms with Crippen molar-refractivity contribution in [3.05, 3.63) is 40.2 Å². The minimum absolute atomic E-state index is 0.280. The Morgan fingerprint density at radius 3 is 3.12 bits per heavy atom. The Hall–Kier alpha value is -2.22. The first-order valence-electron chi connectivity index (χ1n) is 4.77. The number of anilines is 1. The van der Waals surface area contributed by atoms with E-state index in [-0.39, 0.29) is 16.4 Å². The summed E-state index contributed by atoms with van der Waals surface area (Å²) in [5.41, 5.74) is 5.47. The number of rotatable bonds is 2. The van der Waals surface area contributed by atoms with Crippen molar-refractivity contribution < 1.29 is 4.42 Å². The number of hydrogen-bond donors (Lipinski definition) is 1. The van der Waals surface area contributed by atoms with E-state index in [1.807, 2.05) is 0 Å². The van der Waals surface area contributed by atoms with Crippen molar-refractivity contribution >= 4 is 21.4 Å². The van der Waals surface area contributed by atoms with Gasteiger partial charge in [-0.15, -0.1) is 15.3 Å². The molecule has 17 heavy (non-hydrogen) atoms. The molecule has 7 nitrogen and oxygen atoms in total. The Kier molecular flexibility index (Phi) is 2.15. The maximum absolute atomic E-state index is 12.0. The van der Waals surface area contributed by atoms with Crippen molar-refractivity contribution in [2.45, 2.75) is 6.42 Å². The number of hydrogen-bond acceptors (Lipinski definition) is 7. The molecule has 8 heteroatoms. The van der Waals surface area contributed by atoms with E-state index in [1.165, 1.54) is 0 Å². The number of furan rings is 1. The van der Waals surface area contributed by atoms with E-state index in [2.05, 4.69) is 15.3 Å². The molecule has 0 aromatic carbocycles. The Bertz CT molecular complexity index is 715. The molecule has 3 heterocycles. The quantitative estimate of drug-likeness (QED) is 0.701. The fourth-order valence-corrected chi connectivity index (χ4v) is 2.05. The first-order chi connectivity index (χ1) is 8.24. The standard InChI is InChI=1S/C9H7N5O2S/c10-8-13-14-7(15)6(11-12-9(14)17-8)4-5-2-1-3-16-5/h1-3H,4H2,(H2,10,13). The Labute approximate surface area is 98.5 Å². The molecule has 0 aliphatic heterocycles. The zero-order chi connectivity index (χ0) is 11.8. The van der Waals surface area contributed by atoms with Crippen LogP contribution in [0.1, 0.15) is 11.5 Å². The van der Waals surface area contributed by atoms with E-state index in [0.717, 1.165) is 15.9 Å². The third-order valence-corrected chi connectivity index (χ3v) is 2.92. The number of fused-ring (bicyclic) bond motifs is 1. The van der Waals surface area contributed by atoms with Crippen LogP contribution in [-0.4, -0.2) is 19.8 Å². The highest BCUT2D eigenvalue weighted by Gasteiger charge is 2.12. The Morgan fingerprint density at radius 1 is 1.47 bits per heavy atom. The third-order valence-electron chi connectivity index (χ3n) is 2.19. The van der Waals surface area contributed by atoms with Crippen LogP contribution in [-0.2, 0) is 6.42 Å². The summed E-state index contributed by atoms with van der Waals surface area (Å²) in [7, 11) is 0. The second-order valence-electron chi connectivity index (χ2n) is 3.34. The van der Waals surface area contributed by atoms with Gasteiger partial charge < -0.3 is 10.2 Å². The SMILES string of the molecule is Nc1nn2c(=O)c(Cc3ccco3)nnc2s1. The number of aromatic nitrogens is 4. The maximum Gasteiger partial charge on any atom is 0.297 e. The number of nitrogens with zero attached hydrogens (tertiary/aromatic N) is 4. The lowest BCUT2D eigenvalue weighted by molar-refractivity contribution is 0.517. The normalized spacial score (nSPS) is 11.1. The van der Waals surface area contributed by atoms with Gasteiger partial charge in [-0.2, -0.15) is 4.52 Å². The highest BCUT2D eigenvalue weighted by atomic mass is 32.1. The molecule has 86 valence electrons. The summed E-state index contributed by atoms with van der Waals surface area (Å²) in [6.07, 6.45) is 1.83. The van der Waals surface area contributed by atoms with Crippen LogP contribution in [0, 0.1) is 0 Å². The van der Waals surface area contributed by atoms with Crippen LogP contribution in [0.25, 0.3) is 4.96 Å². The third kappa shape index (κ3) is 1.68. The van der Waals surface area contributed by atoms with Crippen LogP contribution < -0.4 is 11.3 Å². The second kappa shape index (κ2) is 3.67. The molecule has 3 rings (SSSR count). The summed E-state index contributed by atoms with van der Waals surface area (Å²) in [6.45, 7) is 0. The molecule has 0 atom stereocenters. The van der Waals surface area contributed by atoms with Gasteiger partial charge in [-0.1, -0.05) is 11.3 Å². The molecular weight excluding hydrogens is 242 g/mol. The van der Waals surface area contributed by atoms with E-state index in [1.54, 1.807) is 18.4 Å². The Morgan fingerprint density at radius 2 is 2.35 bits per heavy atom. The molecule has 0 saturated heterocycles. The second-order valence-corrected chi connectivity index (χ2v) is 4.33. The van der Waals surface area contributed by atoms with Crippen LogP contribution in [0.5, 0.6) is 0 Å². The lowest BCUT2D eigenvalue weighted by Crippen LogP contribution is -2.22. The van der Waals surface area contributed by atoms with Crippen LogP contribution >= 0.6 is 11.3 Å². The van der Waals surface area contributed by atoms with Gasteiger partial charge in [-0.05, 0) is 12.1 Å². The van der Waals surface area contributed by atoms with Gasteiger partial charge in [0, 0.05) is 0 Å². The molecule has 3 aromatic rings. The van der Waals surface area contributed by atoms with Crippen LogP contribution in [0.4, 0.5) is 5.13 Å². The van der Waals surface area contributed by atoms with Crippen LogP contribution in [0.15, 0.2) is 27.6 Å². The lowest BCUT2D eigenvalue weighted by Gasteiger charge is -1.95. The van der Waals surface area contributed by atoms with Gasteiger partial charge in [0.05, 0.1) is 12.7 Å². The summed E-state index contributed by atoms with van der Waals surface area (Å²) < 4.78 is 6.31. The average Bonchev–Trinajstić information content (AvgIpc) is 2.91. The fraction of sp³-hybridized carbons (Fsp3) is 0.111. The molecule has 0 bridgehead atoms. The van der Waals surface area contributed by atoms with Crippen LogP contribution in [0.3, 0.4) is 0 Å². The smallest absolute Gasteiger partial charge is 0.297 e. The zero-order valence-electron chi connectivity index (χ0n) is 8.53. The molecule has 2 N–H and O–H groups in total. The van der Waals surface area contributed by atoms with Crippen molar-refractivity contribution in [2.75, 3.05) is 5.73 Å². The van der Waals surface area contributed by atoms with Crippen LogP contribution in [0.2, 0.25) is 0 Å². The molecule has 0 aliphatic rings. The molecule has 0 aliphatic carbocycles. The molecule has 0 unspecified atom stereocenters. The van der Waals surface area contributed by atoms with Crippen molar-refractivity contribution in [3.8, 4) is 0 Å². The van der Waals surface area contributed by atoms with Gasteiger partial charge in [0.1, 0.15) is 11.5 Å². The lowest BCUT2D eigenvalue weighted by atomic mass is 10.2. The Balaban J connectivity index is 2.11. The average molecular weight is 249 g/mol. The fourth-order valence-electron chi connectivity index (χ4n) is 1.45. The number of nitrogens with two attached hydrogens (primary N) is 1. The minimum atomic E-state index is -0.320. The molecular formula is C9H7N5O2S. The molecule has 0 fully saturated rings. The number of nitrogen functional groups attached to an aromatic ring is 1. The van der Waals surface area contributed by atoms with Gasteiger partial charge in [-0.25, -0.2) is 0 Å². The summed E-state index contributed by atoms with van der Waals surface area (Å²) in [5, 5.41) is 11.9. The summed E-state index contributed by atoms with van der Waals surface area (Å²) >= 11 is 1.12. The molecule has 0 saturated carbocycles. The van der Waals surface area contributed by atoms with E-state index in [0.29, 0.717) is 17.1 Å². The molecule has 0 spiro atoms. The van der Waals surface area contributed by atoms with Crippen molar-refractivity contribution in [2.24, 2.45) is 0 Å². The summed E-state index contributed by atoms with van der Waals surface area (Å²) in [6, 6.07) is 3.52. The van der Waals surface area contributed by atoms with Gasteiger partial charge in [0.15, 0.2) is 0 Å². The van der Waals surface area contributed by atoms with E-state index in [9.17, 15) is 4.79 Å². The predicted octanol–water partition coefficient (Wildman–Crippen LogP) is 0.312. The zero-order valence-corrected chi connectivity index (χ0v) is 9.35. The molecule has 3 aromatic heterocycles. The van der Waals surface area contributed by atoms with E-state index in [4.69, 9.17) is 10.2 Å². The highest BCUT2D eigenvalue weighted by Crippen LogP contribution is 2.11. The van der Waals surface area contributed by atoms with Crippen molar-refractivity contribution in [1.29, 1.82) is 0 Å². The van der Waals surface area contributed by atoms with Gasteiger partial charge in [0.25, 0.3) is 5.56 Å². The van der Waals surface area contributed by atoms with E-state index >= 15 is 0 Å². The molecule has 0 radical (unpaired) electrons.